The second-order valence-corrected chi connectivity index (χ2v) is 4.35. The summed E-state index contributed by atoms with van der Waals surface area (Å²) in [7, 11) is 0. The molecule has 2 rings (SSSR count). The van der Waals surface area contributed by atoms with Crippen LogP contribution >= 0.6 is 11.3 Å². The second kappa shape index (κ2) is 3.43. The van der Waals surface area contributed by atoms with E-state index in [0.717, 1.165) is 24.1 Å². The molecule has 13 heavy (non-hydrogen) atoms. The number of anilines is 1. The van der Waals surface area contributed by atoms with Crippen molar-refractivity contribution in [2.45, 2.75) is 12.5 Å². The van der Waals surface area contributed by atoms with Gasteiger partial charge in [0.1, 0.15) is 6.29 Å². The van der Waals surface area contributed by atoms with Gasteiger partial charge in [0.2, 0.25) is 0 Å². The maximum Gasteiger partial charge on any atom is 0.180 e. The van der Waals surface area contributed by atoms with E-state index in [1.807, 2.05) is 0 Å². The van der Waals surface area contributed by atoms with Gasteiger partial charge in [-0.15, -0.1) is 11.3 Å². The van der Waals surface area contributed by atoms with Gasteiger partial charge in [-0.25, -0.2) is 4.98 Å². The highest BCUT2D eigenvalue weighted by molar-refractivity contribution is 7.15. The third kappa shape index (κ3) is 1.71. The highest BCUT2D eigenvalue weighted by Crippen LogP contribution is 2.22. The minimum atomic E-state index is 0.0309. The zero-order chi connectivity index (χ0) is 9.26. The van der Waals surface area contributed by atoms with E-state index < -0.39 is 0 Å². The largest absolute Gasteiger partial charge is 0.375 e. The molecular formula is C8H11N3OS. The second-order valence-electron chi connectivity index (χ2n) is 3.20. The first kappa shape index (κ1) is 8.65. The van der Waals surface area contributed by atoms with Crippen molar-refractivity contribution in [3.05, 3.63) is 11.1 Å². The molecule has 0 bridgehead atoms. The first-order valence-corrected chi connectivity index (χ1v) is 5.00. The molecule has 70 valence electrons. The fourth-order valence-corrected chi connectivity index (χ4v) is 2.23. The molecule has 1 aromatic heterocycles. The van der Waals surface area contributed by atoms with Gasteiger partial charge in [-0.2, -0.15) is 0 Å². The topological polar surface area (TPSA) is 68.0 Å². The summed E-state index contributed by atoms with van der Waals surface area (Å²) in [6.45, 7) is 0.918. The number of carbonyl (C=O) groups is 1. The van der Waals surface area contributed by atoms with Gasteiger partial charge in [0.25, 0.3) is 0 Å². The summed E-state index contributed by atoms with van der Waals surface area (Å²) in [5, 5.41) is 3.66. The van der Waals surface area contributed by atoms with Gasteiger partial charge in [-0.3, -0.25) is 0 Å². The van der Waals surface area contributed by atoms with Crippen LogP contribution in [0.25, 0.3) is 0 Å². The van der Waals surface area contributed by atoms with Crippen molar-refractivity contribution in [1.29, 1.82) is 0 Å². The van der Waals surface area contributed by atoms with Crippen LogP contribution in [0.15, 0.2) is 6.20 Å². The monoisotopic (exact) mass is 197 g/mol. The lowest BCUT2D eigenvalue weighted by Gasteiger charge is -2.33. The predicted octanol–water partition coefficient (Wildman–Crippen LogP) is 0.0547. The van der Waals surface area contributed by atoms with E-state index in [-0.39, 0.29) is 6.04 Å². The van der Waals surface area contributed by atoms with Crippen molar-refractivity contribution in [3.63, 3.8) is 0 Å². The number of thiazole rings is 1. The maximum absolute atomic E-state index is 10.5. The number of carbonyl (C=O) groups excluding carboxylic acids is 1. The van der Waals surface area contributed by atoms with Crippen LogP contribution in [0, 0.1) is 5.92 Å². The Bertz CT molecular complexity index is 312. The third-order valence-corrected chi connectivity index (χ3v) is 3.15. The average Bonchev–Trinajstić information content (AvgIpc) is 2.46. The molecule has 0 amide bonds. The molecule has 0 spiro atoms. The van der Waals surface area contributed by atoms with Crippen molar-refractivity contribution in [3.8, 4) is 0 Å². The van der Waals surface area contributed by atoms with Crippen LogP contribution in [-0.4, -0.2) is 23.9 Å². The minimum Gasteiger partial charge on any atom is -0.375 e. The number of nitrogens with zero attached hydrogens (tertiary/aromatic N) is 1. The van der Waals surface area contributed by atoms with E-state index in [4.69, 9.17) is 5.73 Å². The zero-order valence-corrected chi connectivity index (χ0v) is 7.88. The van der Waals surface area contributed by atoms with Crippen LogP contribution in [-0.2, 0) is 11.2 Å². The zero-order valence-electron chi connectivity index (χ0n) is 7.06. The summed E-state index contributed by atoms with van der Waals surface area (Å²) >= 11 is 1.50. The number of aldehydes is 1. The normalized spacial score (nSPS) is 26.8. The van der Waals surface area contributed by atoms with E-state index in [0.29, 0.717) is 11.0 Å². The quantitative estimate of drug-likeness (QED) is 0.672. The third-order valence-electron chi connectivity index (χ3n) is 2.31. The molecule has 1 aliphatic rings. The molecule has 2 heterocycles. The highest BCUT2D eigenvalue weighted by Gasteiger charge is 2.29. The number of rotatable bonds is 3. The van der Waals surface area contributed by atoms with Crippen LogP contribution in [0.5, 0.6) is 0 Å². The van der Waals surface area contributed by atoms with Gasteiger partial charge in [0.15, 0.2) is 5.13 Å². The molecule has 5 heteroatoms. The van der Waals surface area contributed by atoms with Crippen LogP contribution < -0.4 is 11.1 Å². The van der Waals surface area contributed by atoms with E-state index in [2.05, 4.69) is 10.3 Å². The van der Waals surface area contributed by atoms with Gasteiger partial charge >= 0.3 is 0 Å². The Balaban J connectivity index is 1.95. The molecule has 0 aromatic carbocycles. The standard InChI is InChI=1S/C8H11N3OS/c9-8-11-3-6(13-8)1-5-2-10-7(5)4-12/h3-5,7,10H,1-2H2,(H2,9,11). The van der Waals surface area contributed by atoms with Gasteiger partial charge in [-0.1, -0.05) is 0 Å². The minimum absolute atomic E-state index is 0.0309. The van der Waals surface area contributed by atoms with Gasteiger partial charge in [0, 0.05) is 17.6 Å². The molecule has 1 aliphatic heterocycles. The molecule has 1 aromatic rings. The lowest BCUT2D eigenvalue weighted by atomic mass is 9.89. The Kier molecular flexibility index (Phi) is 2.28. The Morgan fingerprint density at radius 3 is 3.15 bits per heavy atom. The fraction of sp³-hybridized carbons (Fsp3) is 0.500. The number of nitrogens with two attached hydrogens (primary N) is 1. The van der Waals surface area contributed by atoms with Crippen molar-refractivity contribution in [2.75, 3.05) is 12.3 Å². The van der Waals surface area contributed by atoms with Crippen molar-refractivity contribution >= 4 is 22.8 Å². The average molecular weight is 197 g/mol. The highest BCUT2D eigenvalue weighted by atomic mass is 32.1. The number of hydrogen-bond donors (Lipinski definition) is 2. The number of nitrogen functional groups attached to an aromatic ring is 1. The molecule has 0 saturated carbocycles. The van der Waals surface area contributed by atoms with E-state index >= 15 is 0 Å². The molecular weight excluding hydrogens is 186 g/mol. The lowest BCUT2D eigenvalue weighted by molar-refractivity contribution is -0.112. The first-order valence-electron chi connectivity index (χ1n) is 4.18. The summed E-state index contributed by atoms with van der Waals surface area (Å²) in [4.78, 5) is 15.6. The smallest absolute Gasteiger partial charge is 0.180 e. The summed E-state index contributed by atoms with van der Waals surface area (Å²) in [6.07, 6.45) is 3.67. The Morgan fingerprint density at radius 1 is 1.85 bits per heavy atom. The van der Waals surface area contributed by atoms with E-state index in [1.165, 1.54) is 11.3 Å². The number of aromatic nitrogens is 1. The molecule has 2 unspecified atom stereocenters. The molecule has 4 nitrogen and oxygen atoms in total. The molecule has 2 atom stereocenters. The summed E-state index contributed by atoms with van der Waals surface area (Å²) < 4.78 is 0. The fourth-order valence-electron chi connectivity index (χ4n) is 1.45. The number of hydrogen-bond acceptors (Lipinski definition) is 5. The summed E-state index contributed by atoms with van der Waals surface area (Å²) in [5.41, 5.74) is 5.50. The van der Waals surface area contributed by atoms with Crippen molar-refractivity contribution in [1.82, 2.24) is 10.3 Å². The van der Waals surface area contributed by atoms with Crippen LogP contribution in [0.2, 0.25) is 0 Å². The van der Waals surface area contributed by atoms with Crippen molar-refractivity contribution in [2.24, 2.45) is 5.92 Å². The Morgan fingerprint density at radius 2 is 2.69 bits per heavy atom. The van der Waals surface area contributed by atoms with Crippen LogP contribution in [0.1, 0.15) is 4.88 Å². The molecule has 3 N–H and O–H groups in total. The SMILES string of the molecule is Nc1ncc(CC2CNC2C=O)s1. The van der Waals surface area contributed by atoms with Crippen molar-refractivity contribution < 1.29 is 4.79 Å². The summed E-state index contributed by atoms with van der Waals surface area (Å²) in [6, 6.07) is 0.0309. The summed E-state index contributed by atoms with van der Waals surface area (Å²) in [5.74, 6) is 0.428. The van der Waals surface area contributed by atoms with E-state index in [1.54, 1.807) is 6.20 Å². The predicted molar refractivity (Wildman–Crippen MR) is 51.6 cm³/mol. The molecule has 1 saturated heterocycles. The van der Waals surface area contributed by atoms with Crippen LogP contribution in [0.3, 0.4) is 0 Å². The Labute approximate surface area is 80.2 Å². The van der Waals surface area contributed by atoms with Crippen LogP contribution in [0.4, 0.5) is 5.13 Å². The number of nitrogens with one attached hydrogen (secondary N) is 1. The maximum atomic E-state index is 10.5. The lowest BCUT2D eigenvalue weighted by Crippen LogP contribution is -2.54. The van der Waals surface area contributed by atoms with Gasteiger partial charge < -0.3 is 15.8 Å². The molecule has 1 fully saturated rings. The molecule has 0 aliphatic carbocycles. The first-order chi connectivity index (χ1) is 6.29. The van der Waals surface area contributed by atoms with E-state index in [9.17, 15) is 4.79 Å². The van der Waals surface area contributed by atoms with Gasteiger partial charge in [0.05, 0.1) is 6.04 Å². The Hall–Kier alpha value is -0.940. The molecule has 0 radical (unpaired) electrons. The van der Waals surface area contributed by atoms with Gasteiger partial charge in [-0.05, 0) is 12.3 Å².